The van der Waals surface area contributed by atoms with E-state index in [1.807, 2.05) is 24.4 Å². The summed E-state index contributed by atoms with van der Waals surface area (Å²) < 4.78 is 0. The van der Waals surface area contributed by atoms with Crippen LogP contribution in [0, 0.1) is 11.8 Å². The van der Waals surface area contributed by atoms with Crippen molar-refractivity contribution in [1.82, 2.24) is 10.3 Å². The maximum atomic E-state index is 12.3. The fourth-order valence-corrected chi connectivity index (χ4v) is 3.85. The average molecular weight is 364 g/mol. The Kier molecular flexibility index (Phi) is 7.33. The summed E-state index contributed by atoms with van der Waals surface area (Å²) >= 11 is 0. The van der Waals surface area contributed by atoms with Gasteiger partial charge in [0.2, 0.25) is 5.91 Å². The number of halogens is 1. The summed E-state index contributed by atoms with van der Waals surface area (Å²) in [6.45, 7) is 3.05. The second kappa shape index (κ2) is 9.25. The molecule has 1 fully saturated rings. The summed E-state index contributed by atoms with van der Waals surface area (Å²) in [7, 11) is 0. The molecule has 4 N–H and O–H groups in total. The largest absolute Gasteiger partial charge is 0.361 e. The van der Waals surface area contributed by atoms with Crippen molar-refractivity contribution in [3.63, 3.8) is 0 Å². The minimum absolute atomic E-state index is 0. The predicted octanol–water partition coefficient (Wildman–Crippen LogP) is 3.79. The number of benzene rings is 1. The number of hydrogen-bond donors (Lipinski definition) is 3. The molecular weight excluding hydrogens is 334 g/mol. The van der Waals surface area contributed by atoms with E-state index in [4.69, 9.17) is 5.73 Å². The summed E-state index contributed by atoms with van der Waals surface area (Å²) in [4.78, 5) is 15.6. The molecule has 1 aliphatic carbocycles. The van der Waals surface area contributed by atoms with Crippen LogP contribution in [0.15, 0.2) is 30.5 Å². The van der Waals surface area contributed by atoms with E-state index in [2.05, 4.69) is 23.3 Å². The van der Waals surface area contributed by atoms with Crippen LogP contribution < -0.4 is 11.1 Å². The van der Waals surface area contributed by atoms with Gasteiger partial charge in [-0.15, -0.1) is 12.4 Å². The fraction of sp³-hybridized carbons (Fsp3) is 0.550. The first-order valence-corrected chi connectivity index (χ1v) is 9.25. The Labute approximate surface area is 156 Å². The molecule has 0 bridgehead atoms. The van der Waals surface area contributed by atoms with Gasteiger partial charge in [-0.05, 0) is 42.7 Å². The van der Waals surface area contributed by atoms with Gasteiger partial charge in [-0.3, -0.25) is 4.79 Å². The number of aromatic nitrogens is 1. The molecule has 1 heterocycles. The SMILES string of the molecule is CCC1CCC(CNC(=O)[C@@H](N)Cc2c[nH]c3ccccc23)CC1.Cl. The standard InChI is InChI=1S/C20H29N3O.ClH/c1-2-14-7-9-15(10-8-14)12-23-20(24)18(21)11-16-13-22-19-6-4-3-5-17(16)19;/h3-6,13-15,18,22H,2,7-12,21H2,1H3,(H,23,24);1H/t14?,15?,18-;/m0./s1. The van der Waals surface area contributed by atoms with Crippen molar-refractivity contribution in [2.24, 2.45) is 17.6 Å². The number of aromatic amines is 1. The number of para-hydroxylation sites is 1. The number of carbonyl (C=O) groups excluding carboxylic acids is 1. The average Bonchev–Trinajstić information content (AvgIpc) is 3.03. The molecule has 0 unspecified atom stereocenters. The van der Waals surface area contributed by atoms with Gasteiger partial charge >= 0.3 is 0 Å². The number of rotatable bonds is 6. The van der Waals surface area contributed by atoms with Gasteiger partial charge in [-0.25, -0.2) is 0 Å². The molecular formula is C20H30ClN3O. The normalized spacial score (nSPS) is 21.5. The first kappa shape index (κ1) is 19.8. The monoisotopic (exact) mass is 363 g/mol. The Bertz CT molecular complexity index is 676. The second-order valence-electron chi connectivity index (χ2n) is 7.21. The number of amides is 1. The van der Waals surface area contributed by atoms with Crippen LogP contribution in [-0.2, 0) is 11.2 Å². The van der Waals surface area contributed by atoms with Crippen LogP contribution in [0.2, 0.25) is 0 Å². The molecule has 0 aliphatic heterocycles. The van der Waals surface area contributed by atoms with Gasteiger partial charge < -0.3 is 16.0 Å². The number of H-pyrrole nitrogens is 1. The zero-order chi connectivity index (χ0) is 16.9. The highest BCUT2D eigenvalue weighted by atomic mass is 35.5. The van der Waals surface area contributed by atoms with Crippen molar-refractivity contribution in [2.75, 3.05) is 6.54 Å². The molecule has 4 nitrogen and oxygen atoms in total. The van der Waals surface area contributed by atoms with Crippen LogP contribution in [0.4, 0.5) is 0 Å². The van der Waals surface area contributed by atoms with E-state index in [0.29, 0.717) is 12.3 Å². The lowest BCUT2D eigenvalue weighted by atomic mass is 9.81. The molecule has 138 valence electrons. The van der Waals surface area contributed by atoms with Gasteiger partial charge in [-0.2, -0.15) is 0 Å². The quantitative estimate of drug-likeness (QED) is 0.730. The zero-order valence-corrected chi connectivity index (χ0v) is 15.8. The summed E-state index contributed by atoms with van der Waals surface area (Å²) in [5.74, 6) is 1.48. The third kappa shape index (κ3) is 4.99. The minimum atomic E-state index is -0.490. The number of fused-ring (bicyclic) bond motifs is 1. The van der Waals surface area contributed by atoms with E-state index in [1.165, 1.54) is 32.1 Å². The minimum Gasteiger partial charge on any atom is -0.361 e. The van der Waals surface area contributed by atoms with E-state index in [1.54, 1.807) is 0 Å². The van der Waals surface area contributed by atoms with Crippen molar-refractivity contribution >= 4 is 29.2 Å². The molecule has 5 heteroatoms. The number of hydrogen-bond acceptors (Lipinski definition) is 2. The Hall–Kier alpha value is -1.52. The van der Waals surface area contributed by atoms with E-state index in [-0.39, 0.29) is 18.3 Å². The molecule has 0 saturated heterocycles. The fourth-order valence-electron chi connectivity index (χ4n) is 3.85. The number of carbonyl (C=O) groups is 1. The molecule has 2 aromatic rings. The van der Waals surface area contributed by atoms with E-state index < -0.39 is 6.04 Å². The Morgan fingerprint density at radius 2 is 1.92 bits per heavy atom. The van der Waals surface area contributed by atoms with E-state index >= 15 is 0 Å². The van der Waals surface area contributed by atoms with Crippen molar-refractivity contribution in [2.45, 2.75) is 51.5 Å². The molecule has 1 aliphatic rings. The Balaban J connectivity index is 0.00000225. The highest BCUT2D eigenvalue weighted by Crippen LogP contribution is 2.30. The van der Waals surface area contributed by atoms with E-state index in [0.717, 1.165) is 28.9 Å². The van der Waals surface area contributed by atoms with Gasteiger partial charge in [0.05, 0.1) is 6.04 Å². The lowest BCUT2D eigenvalue weighted by molar-refractivity contribution is -0.122. The van der Waals surface area contributed by atoms with Gasteiger partial charge in [0.25, 0.3) is 0 Å². The topological polar surface area (TPSA) is 70.9 Å². The molecule has 25 heavy (non-hydrogen) atoms. The van der Waals surface area contributed by atoms with Crippen molar-refractivity contribution in [3.05, 3.63) is 36.0 Å². The smallest absolute Gasteiger partial charge is 0.237 e. The van der Waals surface area contributed by atoms with Crippen molar-refractivity contribution < 1.29 is 4.79 Å². The second-order valence-corrected chi connectivity index (χ2v) is 7.21. The maximum absolute atomic E-state index is 12.3. The number of nitrogens with one attached hydrogen (secondary N) is 2. The van der Waals surface area contributed by atoms with Gasteiger partial charge in [0.1, 0.15) is 0 Å². The lowest BCUT2D eigenvalue weighted by Gasteiger charge is -2.28. The first-order chi connectivity index (χ1) is 11.7. The predicted molar refractivity (Wildman–Crippen MR) is 106 cm³/mol. The molecule has 1 aromatic heterocycles. The van der Waals surface area contributed by atoms with Crippen molar-refractivity contribution in [1.29, 1.82) is 0 Å². The maximum Gasteiger partial charge on any atom is 0.237 e. The number of nitrogens with two attached hydrogens (primary N) is 1. The lowest BCUT2D eigenvalue weighted by Crippen LogP contribution is -2.44. The van der Waals surface area contributed by atoms with Crippen molar-refractivity contribution in [3.8, 4) is 0 Å². The third-order valence-electron chi connectivity index (χ3n) is 5.56. The van der Waals surface area contributed by atoms with Crippen LogP contribution in [-0.4, -0.2) is 23.5 Å². The van der Waals surface area contributed by atoms with E-state index in [9.17, 15) is 4.79 Å². The van der Waals surface area contributed by atoms with Crippen LogP contribution in [0.25, 0.3) is 10.9 Å². The summed E-state index contributed by atoms with van der Waals surface area (Å²) in [6, 6.07) is 7.63. The van der Waals surface area contributed by atoms with Crippen LogP contribution >= 0.6 is 12.4 Å². The van der Waals surface area contributed by atoms with Crippen LogP contribution in [0.3, 0.4) is 0 Å². The van der Waals surface area contributed by atoms with Gasteiger partial charge in [-0.1, -0.05) is 44.4 Å². The molecule has 1 amide bonds. The van der Waals surface area contributed by atoms with Crippen LogP contribution in [0.1, 0.15) is 44.6 Å². The molecule has 1 atom stereocenters. The van der Waals surface area contributed by atoms with Gasteiger partial charge in [0.15, 0.2) is 0 Å². The highest BCUT2D eigenvalue weighted by molar-refractivity contribution is 5.86. The molecule has 0 spiro atoms. The third-order valence-corrected chi connectivity index (χ3v) is 5.56. The molecule has 0 radical (unpaired) electrons. The van der Waals surface area contributed by atoms with Gasteiger partial charge in [0, 0.05) is 23.6 Å². The summed E-state index contributed by atoms with van der Waals surface area (Å²) in [6.07, 6.45) is 8.89. The molecule has 3 rings (SSSR count). The summed E-state index contributed by atoms with van der Waals surface area (Å²) in [5.41, 5.74) is 8.33. The highest BCUT2D eigenvalue weighted by Gasteiger charge is 2.22. The molecule has 1 aromatic carbocycles. The first-order valence-electron chi connectivity index (χ1n) is 9.25. The molecule has 1 saturated carbocycles. The zero-order valence-electron chi connectivity index (χ0n) is 15.0. The Morgan fingerprint density at radius 1 is 1.24 bits per heavy atom. The van der Waals surface area contributed by atoms with Crippen LogP contribution in [0.5, 0.6) is 0 Å². The Morgan fingerprint density at radius 3 is 2.64 bits per heavy atom. The summed E-state index contributed by atoms with van der Waals surface area (Å²) in [5, 5.41) is 4.22.